The Bertz CT molecular complexity index is 214. The number of rotatable bonds is 1. The van der Waals surface area contributed by atoms with Gasteiger partial charge in [-0.1, -0.05) is 19.9 Å². The third-order valence-electron chi connectivity index (χ3n) is 0.889. The summed E-state index contributed by atoms with van der Waals surface area (Å²) in [7, 11) is 0. The minimum absolute atomic E-state index is 0. The molecule has 0 aliphatic rings. The number of benzene rings is 1. The summed E-state index contributed by atoms with van der Waals surface area (Å²) in [4.78, 5) is 9.50. The summed E-state index contributed by atoms with van der Waals surface area (Å²) in [6, 6.07) is 8.68. The first-order valence-corrected chi connectivity index (χ1v) is 3.42. The van der Waals surface area contributed by atoms with Crippen LogP contribution < -0.4 is 0 Å². The van der Waals surface area contributed by atoms with Gasteiger partial charge in [0.25, 0.3) is 0 Å². The van der Waals surface area contributed by atoms with E-state index in [1.54, 1.807) is 12.1 Å². The zero-order chi connectivity index (χ0) is 8.69. The quantitative estimate of drug-likeness (QED) is 0.430. The van der Waals surface area contributed by atoms with Gasteiger partial charge in [-0.05, 0) is 0 Å². The van der Waals surface area contributed by atoms with Crippen LogP contribution in [-0.2, 0) is 32.7 Å². The molecule has 1 radical (unpaired) electrons. The molecular weight excluding hydrogens is 231 g/mol. The van der Waals surface area contributed by atoms with E-state index in [0.717, 1.165) is 0 Å². The van der Waals surface area contributed by atoms with E-state index in [1.807, 2.05) is 13.8 Å². The zero-order valence-electron chi connectivity index (χ0n) is 7.15. The Morgan fingerprint density at radius 2 is 2.00 bits per heavy atom. The average Bonchev–Trinajstić information content (AvgIpc) is 2.10. The van der Waals surface area contributed by atoms with E-state index in [0.29, 0.717) is 0 Å². The molecule has 0 atom stereocenters. The van der Waals surface area contributed by atoms with Gasteiger partial charge in [0.05, 0.1) is 0 Å². The normalized spacial score (nSPS) is 7.17. The zero-order valence-corrected chi connectivity index (χ0v) is 9.99. The number of nitro groups is 1. The molecule has 1 aromatic carbocycles. The largest absolute Gasteiger partial charge is 0.260 e. The summed E-state index contributed by atoms with van der Waals surface area (Å²) in [5, 5.41) is 9.98. The van der Waals surface area contributed by atoms with Crippen molar-refractivity contribution in [1.29, 1.82) is 0 Å². The Hall–Kier alpha value is -0.276. The molecular formula is C8H10NO2Y-. The number of nitrogens with zero attached hydrogens (tertiary/aromatic N) is 1. The first kappa shape index (κ1) is 14.3. The first-order chi connectivity index (χ1) is 5.30. The Balaban J connectivity index is 0. The fourth-order valence-electron chi connectivity index (χ4n) is 0.497. The van der Waals surface area contributed by atoms with Crippen molar-refractivity contribution in [2.45, 2.75) is 13.8 Å². The molecule has 3 nitrogen and oxygen atoms in total. The topological polar surface area (TPSA) is 43.1 Å². The maximum atomic E-state index is 9.98. The molecule has 0 bridgehead atoms. The molecule has 0 N–H and O–H groups in total. The molecule has 1 aromatic rings. The molecule has 4 heteroatoms. The van der Waals surface area contributed by atoms with Crippen LogP contribution in [0.2, 0.25) is 0 Å². The summed E-state index contributed by atoms with van der Waals surface area (Å²) in [5.74, 6) is 0. The second-order valence-corrected chi connectivity index (χ2v) is 1.50. The molecule has 0 unspecified atom stereocenters. The van der Waals surface area contributed by atoms with E-state index in [4.69, 9.17) is 0 Å². The van der Waals surface area contributed by atoms with E-state index in [1.165, 1.54) is 12.1 Å². The van der Waals surface area contributed by atoms with Gasteiger partial charge < -0.3 is 0 Å². The van der Waals surface area contributed by atoms with E-state index in [9.17, 15) is 10.1 Å². The second-order valence-electron chi connectivity index (χ2n) is 1.50. The van der Waals surface area contributed by atoms with Crippen molar-refractivity contribution < 1.29 is 37.6 Å². The smallest absolute Gasteiger partial charge is 0.162 e. The standard InChI is InChI=1S/C6H4NO2.C2H6.Y/c8-7(9)6-4-2-1-3-5-6;1-2;/h1-4H;1-2H3;/q-1;;. The van der Waals surface area contributed by atoms with Crippen LogP contribution in [0.5, 0.6) is 0 Å². The molecule has 0 amide bonds. The summed E-state index contributed by atoms with van der Waals surface area (Å²) < 4.78 is 0. The number of nitro benzene ring substituents is 1. The number of non-ortho nitro benzene ring substituents is 1. The van der Waals surface area contributed by atoms with E-state index >= 15 is 0 Å². The van der Waals surface area contributed by atoms with Crippen LogP contribution in [0, 0.1) is 16.2 Å². The van der Waals surface area contributed by atoms with Gasteiger partial charge in [-0.2, -0.15) is 18.2 Å². The van der Waals surface area contributed by atoms with Gasteiger partial charge >= 0.3 is 0 Å². The summed E-state index contributed by atoms with van der Waals surface area (Å²) in [6.07, 6.45) is 0. The van der Waals surface area contributed by atoms with Crippen molar-refractivity contribution in [2.75, 3.05) is 0 Å². The monoisotopic (exact) mass is 241 g/mol. The van der Waals surface area contributed by atoms with E-state index in [2.05, 4.69) is 6.07 Å². The third-order valence-corrected chi connectivity index (χ3v) is 0.889. The molecule has 0 aliphatic heterocycles. The van der Waals surface area contributed by atoms with Gasteiger partial charge in [0.2, 0.25) is 0 Å². The van der Waals surface area contributed by atoms with Gasteiger partial charge in [-0.3, -0.25) is 10.1 Å². The van der Waals surface area contributed by atoms with Crippen LogP contribution in [0.4, 0.5) is 5.69 Å². The van der Waals surface area contributed by atoms with Crippen molar-refractivity contribution in [1.82, 2.24) is 0 Å². The molecule has 0 aromatic heterocycles. The molecule has 0 fully saturated rings. The minimum atomic E-state index is -0.472. The molecule has 0 aliphatic carbocycles. The van der Waals surface area contributed by atoms with Crippen molar-refractivity contribution in [2.24, 2.45) is 0 Å². The van der Waals surface area contributed by atoms with Crippen LogP contribution in [0.1, 0.15) is 13.8 Å². The molecule has 0 saturated heterocycles. The van der Waals surface area contributed by atoms with Crippen molar-refractivity contribution in [3.63, 3.8) is 0 Å². The first-order valence-electron chi connectivity index (χ1n) is 3.42. The molecule has 1 rings (SSSR count). The van der Waals surface area contributed by atoms with Crippen molar-refractivity contribution in [3.8, 4) is 0 Å². The number of hydrogen-bond acceptors (Lipinski definition) is 2. The summed E-state index contributed by atoms with van der Waals surface area (Å²) >= 11 is 0. The van der Waals surface area contributed by atoms with Crippen LogP contribution in [0.25, 0.3) is 0 Å². The van der Waals surface area contributed by atoms with Gasteiger partial charge in [0, 0.05) is 37.6 Å². The second kappa shape index (κ2) is 8.82. The third kappa shape index (κ3) is 5.38. The summed E-state index contributed by atoms with van der Waals surface area (Å²) in [5.41, 5.74) is 0.0116. The fraction of sp³-hybridized carbons (Fsp3) is 0.250. The molecule has 0 saturated carbocycles. The fourth-order valence-corrected chi connectivity index (χ4v) is 0.497. The molecule has 0 heterocycles. The molecule has 63 valence electrons. The van der Waals surface area contributed by atoms with Gasteiger partial charge in [-0.15, -0.1) is 6.07 Å². The molecule has 12 heavy (non-hydrogen) atoms. The van der Waals surface area contributed by atoms with Gasteiger partial charge in [0.1, 0.15) is 0 Å². The van der Waals surface area contributed by atoms with Crippen molar-refractivity contribution >= 4 is 5.69 Å². The Morgan fingerprint density at radius 1 is 1.42 bits per heavy atom. The SMILES string of the molecule is CC.O=[N+]([O-])c1[c-]cccc1.[Y]. The maximum Gasteiger partial charge on any atom is 0.162 e. The van der Waals surface area contributed by atoms with Gasteiger partial charge in [-0.25, -0.2) is 0 Å². The van der Waals surface area contributed by atoms with Gasteiger partial charge in [0.15, 0.2) is 5.69 Å². The predicted octanol–water partition coefficient (Wildman–Crippen LogP) is 2.42. The Morgan fingerprint density at radius 3 is 2.25 bits per heavy atom. The predicted molar refractivity (Wildman–Crippen MR) is 43.3 cm³/mol. The minimum Gasteiger partial charge on any atom is -0.260 e. The van der Waals surface area contributed by atoms with Crippen LogP contribution in [0.15, 0.2) is 24.3 Å². The van der Waals surface area contributed by atoms with Crippen LogP contribution in [0.3, 0.4) is 0 Å². The number of para-hydroxylation sites is 1. The Kier molecular flexibility index (Phi) is 10.5. The maximum absolute atomic E-state index is 9.98. The van der Waals surface area contributed by atoms with E-state index in [-0.39, 0.29) is 38.4 Å². The number of hydrogen-bond donors (Lipinski definition) is 0. The summed E-state index contributed by atoms with van der Waals surface area (Å²) in [6.45, 7) is 4.00. The van der Waals surface area contributed by atoms with Crippen LogP contribution in [-0.4, -0.2) is 4.92 Å². The Labute approximate surface area is 97.2 Å². The van der Waals surface area contributed by atoms with Crippen LogP contribution >= 0.6 is 0 Å². The van der Waals surface area contributed by atoms with Crippen molar-refractivity contribution in [3.05, 3.63) is 40.4 Å². The average molecular weight is 241 g/mol. The molecule has 0 spiro atoms. The van der Waals surface area contributed by atoms with E-state index < -0.39 is 4.92 Å².